The van der Waals surface area contributed by atoms with E-state index in [1.54, 1.807) is 31.6 Å². The van der Waals surface area contributed by atoms with E-state index in [1.165, 1.54) is 4.90 Å². The highest BCUT2D eigenvalue weighted by Crippen LogP contribution is 2.33. The van der Waals surface area contributed by atoms with Crippen LogP contribution in [0, 0.1) is 12.8 Å². The van der Waals surface area contributed by atoms with Gasteiger partial charge in [0.15, 0.2) is 5.13 Å². The largest absolute Gasteiger partial charge is 0.348 e. The Balaban J connectivity index is 1.34. The highest BCUT2D eigenvalue weighted by molar-refractivity contribution is 7.18. The second kappa shape index (κ2) is 10.6. The van der Waals surface area contributed by atoms with E-state index in [2.05, 4.69) is 25.5 Å². The number of rotatable bonds is 7. The van der Waals surface area contributed by atoms with E-state index in [0.29, 0.717) is 0 Å². The lowest BCUT2D eigenvalue weighted by molar-refractivity contribution is -0.132. The molecule has 0 radical (unpaired) electrons. The van der Waals surface area contributed by atoms with E-state index in [0.717, 1.165) is 58.8 Å². The third-order valence-corrected chi connectivity index (χ3v) is 6.80. The van der Waals surface area contributed by atoms with E-state index in [9.17, 15) is 9.59 Å². The number of piperidine rings is 1. The Bertz CT molecular complexity index is 1160. The first kappa shape index (κ1) is 23.6. The summed E-state index contributed by atoms with van der Waals surface area (Å²) in [7, 11) is 3.36. The number of aromatic nitrogens is 3. The van der Waals surface area contributed by atoms with Crippen LogP contribution in [0.4, 0.5) is 16.8 Å². The molecule has 10 heteroatoms. The number of carbonyl (C=O) groups is 2. The minimum atomic E-state index is -0.107. The standard InChI is InChI=1S/C24H29N7O2S/c1-16-7-10-25-21(13-16)29-20-6-4-5-18(28-20)19-14-27-24(34-19)31-11-8-17(9-12-31)23(33)26-15-22(32)30(2)3/h4-7,10,13-14,17H,8-9,11-12,15H2,1-3H3,(H,26,33)(H,25,28,29). The number of nitrogens with zero attached hydrogens (tertiary/aromatic N) is 5. The topological polar surface area (TPSA) is 103 Å². The summed E-state index contributed by atoms with van der Waals surface area (Å²) in [5.41, 5.74) is 1.98. The van der Waals surface area contributed by atoms with Crippen LogP contribution in [0.25, 0.3) is 10.6 Å². The molecule has 1 saturated heterocycles. The normalized spacial score (nSPS) is 14.0. The van der Waals surface area contributed by atoms with Crippen molar-refractivity contribution in [2.75, 3.05) is 43.9 Å². The molecule has 0 saturated carbocycles. The molecule has 0 spiro atoms. The molecule has 3 aromatic heterocycles. The Kier molecular flexibility index (Phi) is 7.36. The minimum absolute atomic E-state index is 0.0444. The zero-order valence-corrected chi connectivity index (χ0v) is 20.4. The SMILES string of the molecule is Cc1ccnc(Nc2cccc(-c3cnc(N4CCC(C(=O)NCC(=O)N(C)C)CC4)s3)n2)c1. The maximum Gasteiger partial charge on any atom is 0.241 e. The molecular weight excluding hydrogens is 450 g/mol. The number of hydrogen-bond acceptors (Lipinski definition) is 8. The Morgan fingerprint density at radius 1 is 1.15 bits per heavy atom. The third kappa shape index (κ3) is 5.88. The molecule has 1 aliphatic rings. The second-order valence-electron chi connectivity index (χ2n) is 8.53. The van der Waals surface area contributed by atoms with E-state index in [1.807, 2.05) is 43.5 Å². The number of anilines is 3. The van der Waals surface area contributed by atoms with Gasteiger partial charge in [-0.1, -0.05) is 17.4 Å². The van der Waals surface area contributed by atoms with Gasteiger partial charge in [-0.3, -0.25) is 9.59 Å². The van der Waals surface area contributed by atoms with Crippen molar-refractivity contribution in [2.24, 2.45) is 5.92 Å². The summed E-state index contributed by atoms with van der Waals surface area (Å²) in [6, 6.07) is 9.78. The van der Waals surface area contributed by atoms with Gasteiger partial charge in [0.25, 0.3) is 0 Å². The molecule has 178 valence electrons. The van der Waals surface area contributed by atoms with Gasteiger partial charge in [-0.05, 0) is 49.6 Å². The molecule has 2 N–H and O–H groups in total. The van der Waals surface area contributed by atoms with Crippen LogP contribution in [0.1, 0.15) is 18.4 Å². The van der Waals surface area contributed by atoms with Crippen LogP contribution in [0.5, 0.6) is 0 Å². The Labute approximate surface area is 203 Å². The van der Waals surface area contributed by atoms with Gasteiger partial charge >= 0.3 is 0 Å². The van der Waals surface area contributed by atoms with Gasteiger partial charge in [-0.2, -0.15) is 0 Å². The van der Waals surface area contributed by atoms with Crippen molar-refractivity contribution in [2.45, 2.75) is 19.8 Å². The van der Waals surface area contributed by atoms with Gasteiger partial charge in [0.05, 0.1) is 17.1 Å². The fourth-order valence-corrected chi connectivity index (χ4v) is 4.64. The number of aryl methyl sites for hydroxylation is 1. The molecular formula is C24H29N7O2S. The number of pyridine rings is 2. The van der Waals surface area contributed by atoms with Crippen LogP contribution in [-0.2, 0) is 9.59 Å². The second-order valence-corrected chi connectivity index (χ2v) is 9.53. The summed E-state index contributed by atoms with van der Waals surface area (Å²) < 4.78 is 0. The van der Waals surface area contributed by atoms with Crippen molar-refractivity contribution < 1.29 is 9.59 Å². The summed E-state index contributed by atoms with van der Waals surface area (Å²) in [4.78, 5) is 42.4. The monoisotopic (exact) mass is 479 g/mol. The Morgan fingerprint density at radius 3 is 2.68 bits per heavy atom. The quantitative estimate of drug-likeness (QED) is 0.537. The maximum atomic E-state index is 12.4. The molecule has 0 unspecified atom stereocenters. The summed E-state index contributed by atoms with van der Waals surface area (Å²) in [5, 5.41) is 6.94. The predicted molar refractivity (Wildman–Crippen MR) is 134 cm³/mol. The van der Waals surface area contributed by atoms with Gasteiger partial charge in [-0.25, -0.2) is 15.0 Å². The van der Waals surface area contributed by atoms with Crippen LogP contribution in [0.15, 0.2) is 42.7 Å². The number of thiazole rings is 1. The first-order chi connectivity index (χ1) is 16.4. The molecule has 34 heavy (non-hydrogen) atoms. The smallest absolute Gasteiger partial charge is 0.241 e. The van der Waals surface area contributed by atoms with E-state index >= 15 is 0 Å². The predicted octanol–water partition coefficient (Wildman–Crippen LogP) is 3.07. The van der Waals surface area contributed by atoms with E-state index < -0.39 is 0 Å². The lowest BCUT2D eigenvalue weighted by atomic mass is 9.96. The van der Waals surface area contributed by atoms with Crippen molar-refractivity contribution in [1.29, 1.82) is 0 Å². The average molecular weight is 480 g/mol. The van der Waals surface area contributed by atoms with E-state index in [-0.39, 0.29) is 24.3 Å². The fourth-order valence-electron chi connectivity index (χ4n) is 3.70. The molecule has 4 heterocycles. The van der Waals surface area contributed by atoms with Gasteiger partial charge in [0.1, 0.15) is 11.6 Å². The molecule has 1 aliphatic heterocycles. The highest BCUT2D eigenvalue weighted by Gasteiger charge is 2.26. The van der Waals surface area contributed by atoms with Crippen molar-refractivity contribution >= 4 is 39.9 Å². The fraction of sp³-hybridized carbons (Fsp3) is 0.375. The number of likely N-dealkylation sites (N-methyl/N-ethyl adjacent to an activating group) is 1. The van der Waals surface area contributed by atoms with Gasteiger partial charge in [0.2, 0.25) is 11.8 Å². The first-order valence-corrected chi connectivity index (χ1v) is 12.1. The zero-order valence-electron chi connectivity index (χ0n) is 19.6. The lowest BCUT2D eigenvalue weighted by Gasteiger charge is -2.31. The Hall–Kier alpha value is -3.53. The zero-order chi connectivity index (χ0) is 24.1. The third-order valence-electron chi connectivity index (χ3n) is 5.72. The molecule has 0 aromatic carbocycles. The van der Waals surface area contributed by atoms with Crippen molar-refractivity contribution in [1.82, 2.24) is 25.2 Å². The molecule has 3 aromatic rings. The van der Waals surface area contributed by atoms with E-state index in [4.69, 9.17) is 4.98 Å². The maximum absolute atomic E-state index is 12.4. The van der Waals surface area contributed by atoms with Crippen LogP contribution in [0.3, 0.4) is 0 Å². The number of amides is 2. The van der Waals surface area contributed by atoms with Crippen molar-refractivity contribution in [3.8, 4) is 10.6 Å². The van der Waals surface area contributed by atoms with Crippen LogP contribution >= 0.6 is 11.3 Å². The van der Waals surface area contributed by atoms with Gasteiger partial charge in [-0.15, -0.1) is 0 Å². The van der Waals surface area contributed by atoms with Crippen LogP contribution < -0.4 is 15.5 Å². The summed E-state index contributed by atoms with van der Waals surface area (Å²) in [6.45, 7) is 3.57. The molecule has 0 aliphatic carbocycles. The van der Waals surface area contributed by atoms with Crippen LogP contribution in [-0.4, -0.2) is 65.4 Å². The first-order valence-electron chi connectivity index (χ1n) is 11.2. The summed E-state index contributed by atoms with van der Waals surface area (Å²) in [6.07, 6.45) is 5.09. The molecule has 2 amide bonds. The lowest BCUT2D eigenvalue weighted by Crippen LogP contribution is -2.43. The van der Waals surface area contributed by atoms with Gasteiger partial charge < -0.3 is 20.4 Å². The highest BCUT2D eigenvalue weighted by atomic mass is 32.1. The summed E-state index contributed by atoms with van der Waals surface area (Å²) in [5.74, 6) is 1.25. The number of carbonyl (C=O) groups excluding carboxylic acids is 2. The molecule has 1 fully saturated rings. The average Bonchev–Trinajstić information content (AvgIpc) is 3.33. The number of nitrogens with one attached hydrogen (secondary N) is 2. The number of hydrogen-bond donors (Lipinski definition) is 2. The van der Waals surface area contributed by atoms with Crippen LogP contribution in [0.2, 0.25) is 0 Å². The molecule has 4 rings (SSSR count). The minimum Gasteiger partial charge on any atom is -0.348 e. The molecule has 0 bridgehead atoms. The summed E-state index contributed by atoms with van der Waals surface area (Å²) >= 11 is 1.60. The molecule has 0 atom stereocenters. The Morgan fingerprint density at radius 2 is 1.94 bits per heavy atom. The van der Waals surface area contributed by atoms with Gasteiger partial charge in [0, 0.05) is 45.5 Å². The van der Waals surface area contributed by atoms with Crippen molar-refractivity contribution in [3.05, 3.63) is 48.3 Å². The van der Waals surface area contributed by atoms with Crippen molar-refractivity contribution in [3.63, 3.8) is 0 Å². The molecule has 9 nitrogen and oxygen atoms in total.